The number of aliphatic hydroxyl groups is 1. The normalized spacial score (nSPS) is 16.3. The van der Waals surface area contributed by atoms with Crippen molar-refractivity contribution in [2.75, 3.05) is 13.2 Å². The molecule has 0 aliphatic heterocycles. The molecule has 0 saturated carbocycles. The Kier molecular flexibility index (Phi) is 4.23. The second-order valence-electron chi connectivity index (χ2n) is 2.50. The minimum absolute atomic E-state index is 0.132. The van der Waals surface area contributed by atoms with Gasteiger partial charge in [0.1, 0.15) is 6.29 Å². The van der Waals surface area contributed by atoms with Crippen molar-refractivity contribution in [2.45, 2.75) is 25.9 Å². The molecule has 0 aliphatic rings. The highest BCUT2D eigenvalue weighted by Gasteiger charge is 2.18. The van der Waals surface area contributed by atoms with Crippen LogP contribution in [0.4, 0.5) is 0 Å². The molecule has 0 fully saturated rings. The molecule has 0 aromatic carbocycles. The van der Waals surface area contributed by atoms with Gasteiger partial charge in [-0.25, -0.2) is 0 Å². The third-order valence-electron chi connectivity index (χ3n) is 1.14. The van der Waals surface area contributed by atoms with Gasteiger partial charge in [-0.15, -0.1) is 0 Å². The molecule has 0 bridgehead atoms. The quantitative estimate of drug-likeness (QED) is 0.570. The van der Waals surface area contributed by atoms with E-state index in [0.29, 0.717) is 12.9 Å². The second kappa shape index (κ2) is 4.41. The van der Waals surface area contributed by atoms with E-state index >= 15 is 0 Å². The molecule has 0 aliphatic carbocycles. The number of carbonyl (C=O) groups is 1. The van der Waals surface area contributed by atoms with Crippen molar-refractivity contribution in [1.82, 2.24) is 0 Å². The molecule has 0 spiro atoms. The molecule has 0 amide bonds. The predicted molar refractivity (Wildman–Crippen MR) is 37.8 cm³/mol. The van der Waals surface area contributed by atoms with Gasteiger partial charge in [0.05, 0.1) is 12.2 Å². The lowest BCUT2D eigenvalue weighted by atomic mass is 10.1. The van der Waals surface area contributed by atoms with E-state index in [1.165, 1.54) is 0 Å². The average Bonchev–Trinajstić information content (AvgIpc) is 1.84. The summed E-state index contributed by atoms with van der Waals surface area (Å²) in [4.78, 5) is 9.97. The Bertz CT molecular complexity index is 99.0. The van der Waals surface area contributed by atoms with Crippen molar-refractivity contribution >= 4 is 6.29 Å². The van der Waals surface area contributed by atoms with E-state index in [-0.39, 0.29) is 13.0 Å². The van der Waals surface area contributed by atoms with Gasteiger partial charge in [0, 0.05) is 13.0 Å². The van der Waals surface area contributed by atoms with Gasteiger partial charge in [0.2, 0.25) is 0 Å². The molecule has 0 aromatic rings. The molecule has 1 unspecified atom stereocenters. The van der Waals surface area contributed by atoms with Crippen molar-refractivity contribution < 1.29 is 14.6 Å². The van der Waals surface area contributed by atoms with Gasteiger partial charge >= 0.3 is 0 Å². The molecule has 10 heavy (non-hydrogen) atoms. The number of hydrogen-bond acceptors (Lipinski definition) is 3. The highest BCUT2D eigenvalue weighted by Crippen LogP contribution is 2.06. The highest BCUT2D eigenvalue weighted by molar-refractivity contribution is 5.51. The maximum atomic E-state index is 9.97. The summed E-state index contributed by atoms with van der Waals surface area (Å²) in [6.45, 7) is 4.21. The van der Waals surface area contributed by atoms with Crippen LogP contribution in [0.2, 0.25) is 0 Å². The lowest BCUT2D eigenvalue weighted by Gasteiger charge is -2.19. The summed E-state index contributed by atoms with van der Waals surface area (Å²) in [7, 11) is 0. The van der Waals surface area contributed by atoms with Crippen LogP contribution in [0.25, 0.3) is 0 Å². The first-order valence-electron chi connectivity index (χ1n) is 3.36. The Balaban J connectivity index is 3.51. The number of rotatable bonds is 5. The molecular weight excluding hydrogens is 132 g/mol. The van der Waals surface area contributed by atoms with E-state index in [9.17, 15) is 9.90 Å². The molecule has 1 atom stereocenters. The molecule has 0 saturated heterocycles. The molecule has 0 aromatic heterocycles. The lowest BCUT2D eigenvalue weighted by molar-refractivity contribution is -0.114. The molecule has 0 rings (SSSR count). The topological polar surface area (TPSA) is 46.5 Å². The van der Waals surface area contributed by atoms with Crippen LogP contribution in [0.1, 0.15) is 20.3 Å². The fourth-order valence-electron chi connectivity index (χ4n) is 0.560. The van der Waals surface area contributed by atoms with Gasteiger partial charge in [-0.1, -0.05) is 0 Å². The zero-order valence-corrected chi connectivity index (χ0v) is 6.46. The molecule has 3 heteroatoms. The van der Waals surface area contributed by atoms with Crippen LogP contribution in [-0.2, 0) is 9.53 Å². The van der Waals surface area contributed by atoms with E-state index in [1.807, 2.05) is 6.92 Å². The zero-order valence-electron chi connectivity index (χ0n) is 6.46. The molecular formula is C7H14O3. The average molecular weight is 146 g/mol. The molecule has 0 heterocycles. The smallest absolute Gasteiger partial charge is 0.122 e. The van der Waals surface area contributed by atoms with Crippen LogP contribution >= 0.6 is 0 Å². The maximum Gasteiger partial charge on any atom is 0.122 e. The minimum Gasteiger partial charge on any atom is -0.387 e. The standard InChI is InChI=1S/C7H14O3/c1-3-10-6-7(2,9)4-5-8/h5,9H,3-4,6H2,1-2H3. The van der Waals surface area contributed by atoms with Gasteiger partial charge in [0.25, 0.3) is 0 Å². The fourth-order valence-corrected chi connectivity index (χ4v) is 0.560. The lowest BCUT2D eigenvalue weighted by Crippen LogP contribution is -2.30. The minimum atomic E-state index is -0.988. The first-order valence-corrected chi connectivity index (χ1v) is 3.36. The third-order valence-corrected chi connectivity index (χ3v) is 1.14. The van der Waals surface area contributed by atoms with Crippen molar-refractivity contribution in [3.05, 3.63) is 0 Å². The summed E-state index contributed by atoms with van der Waals surface area (Å²) >= 11 is 0. The Hall–Kier alpha value is -0.410. The Labute approximate surface area is 61.0 Å². The first kappa shape index (κ1) is 9.59. The number of hydrogen-bond donors (Lipinski definition) is 1. The second-order valence-corrected chi connectivity index (χ2v) is 2.50. The Morgan fingerprint density at radius 3 is 2.70 bits per heavy atom. The van der Waals surface area contributed by atoms with E-state index < -0.39 is 5.60 Å². The summed E-state index contributed by atoms with van der Waals surface area (Å²) in [5, 5.41) is 9.29. The number of carbonyl (C=O) groups excluding carboxylic acids is 1. The van der Waals surface area contributed by atoms with Gasteiger partial charge in [-0.2, -0.15) is 0 Å². The third kappa shape index (κ3) is 4.47. The van der Waals surface area contributed by atoms with Gasteiger partial charge in [0.15, 0.2) is 0 Å². The van der Waals surface area contributed by atoms with Crippen molar-refractivity contribution in [3.63, 3.8) is 0 Å². The maximum absolute atomic E-state index is 9.97. The van der Waals surface area contributed by atoms with Crippen LogP contribution in [0.15, 0.2) is 0 Å². The summed E-state index contributed by atoms with van der Waals surface area (Å²) in [6.07, 6.45) is 0.825. The fraction of sp³-hybridized carbons (Fsp3) is 0.857. The van der Waals surface area contributed by atoms with E-state index in [4.69, 9.17) is 4.74 Å². The SMILES string of the molecule is CCOCC(C)(O)CC=O. The summed E-state index contributed by atoms with van der Waals surface area (Å²) < 4.78 is 4.94. The van der Waals surface area contributed by atoms with Crippen molar-refractivity contribution in [2.24, 2.45) is 0 Å². The predicted octanol–water partition coefficient (Wildman–Crippen LogP) is 0.363. The Morgan fingerprint density at radius 1 is 1.70 bits per heavy atom. The monoisotopic (exact) mass is 146 g/mol. The Morgan fingerprint density at radius 2 is 2.30 bits per heavy atom. The summed E-state index contributed by atoms with van der Waals surface area (Å²) in [5.41, 5.74) is -0.988. The molecule has 0 radical (unpaired) electrons. The van der Waals surface area contributed by atoms with Crippen molar-refractivity contribution in [1.29, 1.82) is 0 Å². The van der Waals surface area contributed by atoms with E-state index in [1.54, 1.807) is 6.92 Å². The molecule has 3 nitrogen and oxygen atoms in total. The van der Waals surface area contributed by atoms with Crippen LogP contribution in [-0.4, -0.2) is 30.2 Å². The van der Waals surface area contributed by atoms with Crippen LogP contribution in [0.3, 0.4) is 0 Å². The highest BCUT2D eigenvalue weighted by atomic mass is 16.5. The molecule has 1 N–H and O–H groups in total. The van der Waals surface area contributed by atoms with Crippen LogP contribution < -0.4 is 0 Å². The summed E-state index contributed by atoms with van der Waals surface area (Å²) in [6, 6.07) is 0. The van der Waals surface area contributed by atoms with E-state index in [2.05, 4.69) is 0 Å². The first-order chi connectivity index (χ1) is 4.62. The largest absolute Gasteiger partial charge is 0.387 e. The van der Waals surface area contributed by atoms with Gasteiger partial charge in [-0.05, 0) is 13.8 Å². The summed E-state index contributed by atoms with van der Waals surface area (Å²) in [5.74, 6) is 0. The van der Waals surface area contributed by atoms with E-state index in [0.717, 1.165) is 0 Å². The van der Waals surface area contributed by atoms with Crippen molar-refractivity contribution in [3.8, 4) is 0 Å². The number of aldehydes is 1. The van der Waals surface area contributed by atoms with Crippen LogP contribution in [0.5, 0.6) is 0 Å². The van der Waals surface area contributed by atoms with Gasteiger partial charge in [-0.3, -0.25) is 0 Å². The molecule has 60 valence electrons. The zero-order chi connectivity index (χ0) is 8.04. The number of ether oxygens (including phenoxy) is 1. The van der Waals surface area contributed by atoms with Crippen LogP contribution in [0, 0.1) is 0 Å². The van der Waals surface area contributed by atoms with Gasteiger partial charge < -0.3 is 14.6 Å².